The van der Waals surface area contributed by atoms with E-state index in [2.05, 4.69) is 0 Å². The van der Waals surface area contributed by atoms with Crippen molar-refractivity contribution in [1.29, 1.82) is 0 Å². The second-order valence-electron chi connectivity index (χ2n) is 5.24. The van der Waals surface area contributed by atoms with Gasteiger partial charge in [0.05, 0.1) is 11.8 Å². The first-order valence-electron chi connectivity index (χ1n) is 6.51. The monoisotopic (exact) mass is 313 g/mol. The molecule has 21 heavy (non-hydrogen) atoms. The van der Waals surface area contributed by atoms with E-state index in [0.29, 0.717) is 13.1 Å². The zero-order valence-electron chi connectivity index (χ0n) is 11.7. The van der Waals surface area contributed by atoms with E-state index < -0.39 is 23.7 Å². The molecule has 1 aliphatic heterocycles. The summed E-state index contributed by atoms with van der Waals surface area (Å²) < 4.78 is 0. The van der Waals surface area contributed by atoms with Crippen molar-refractivity contribution in [2.24, 2.45) is 23.3 Å². The number of hydrogen-bond donors (Lipinski definition) is 3. The first-order chi connectivity index (χ1) is 9.40. The van der Waals surface area contributed by atoms with Crippen molar-refractivity contribution in [3.8, 4) is 5.75 Å². The molecule has 0 spiro atoms. The molecule has 1 saturated heterocycles. The summed E-state index contributed by atoms with van der Waals surface area (Å²) in [6, 6.07) is 6.87. The van der Waals surface area contributed by atoms with E-state index in [9.17, 15) is 14.7 Å². The van der Waals surface area contributed by atoms with Gasteiger partial charge in [-0.25, -0.2) is 0 Å². The van der Waals surface area contributed by atoms with Crippen LogP contribution in [0.1, 0.15) is 18.5 Å². The van der Waals surface area contributed by atoms with E-state index in [1.807, 2.05) is 24.0 Å². The van der Waals surface area contributed by atoms with Crippen LogP contribution in [-0.4, -0.2) is 34.9 Å². The topological polar surface area (TPSA) is 110 Å². The van der Waals surface area contributed by atoms with Crippen molar-refractivity contribution in [2.75, 3.05) is 13.1 Å². The van der Waals surface area contributed by atoms with E-state index >= 15 is 0 Å². The molecule has 7 heteroatoms. The largest absolute Gasteiger partial charge is 0.508 e. The molecule has 0 saturated carbocycles. The molecular formula is C14H20ClN3O3. The third kappa shape index (κ3) is 3.65. The quantitative estimate of drug-likeness (QED) is 0.747. The maximum atomic E-state index is 11.4. The number of likely N-dealkylation sites (tertiary alicyclic amines) is 1. The molecule has 116 valence electrons. The summed E-state index contributed by atoms with van der Waals surface area (Å²) in [4.78, 5) is 24.9. The Morgan fingerprint density at radius 3 is 1.95 bits per heavy atom. The fraction of sp³-hybridized carbons (Fsp3) is 0.429. The lowest BCUT2D eigenvalue weighted by Crippen LogP contribution is -2.36. The first kappa shape index (κ1) is 17.3. The summed E-state index contributed by atoms with van der Waals surface area (Å²) in [5, 5.41) is 9.30. The highest BCUT2D eigenvalue weighted by molar-refractivity contribution is 5.87. The summed E-state index contributed by atoms with van der Waals surface area (Å²) in [7, 11) is 0. The van der Waals surface area contributed by atoms with Crippen LogP contribution in [0.4, 0.5) is 0 Å². The standard InChI is InChI=1S/C14H19N3O3.ClH/c1-8(9-2-4-10(18)5-3-9)17-6-11(13(15)19)12(7-17)14(16)20;/h2-5,8,11-12,18H,6-7H2,1H3,(H2,15,19)(H2,16,20);1H. The van der Waals surface area contributed by atoms with Gasteiger partial charge in [0.15, 0.2) is 0 Å². The Labute approximate surface area is 129 Å². The maximum Gasteiger partial charge on any atom is 0.222 e. The van der Waals surface area contributed by atoms with Crippen molar-refractivity contribution in [3.63, 3.8) is 0 Å². The molecule has 2 amide bonds. The molecule has 3 atom stereocenters. The molecular weight excluding hydrogens is 294 g/mol. The van der Waals surface area contributed by atoms with Gasteiger partial charge in [-0.15, -0.1) is 12.4 Å². The first-order valence-corrected chi connectivity index (χ1v) is 6.51. The Hall–Kier alpha value is -1.79. The Balaban J connectivity index is 0.00000220. The second kappa shape index (κ2) is 6.78. The lowest BCUT2D eigenvalue weighted by atomic mass is 9.95. The zero-order valence-corrected chi connectivity index (χ0v) is 12.5. The van der Waals surface area contributed by atoms with Crippen molar-refractivity contribution >= 4 is 24.2 Å². The Morgan fingerprint density at radius 2 is 1.57 bits per heavy atom. The molecule has 0 bridgehead atoms. The number of aromatic hydroxyl groups is 1. The lowest BCUT2D eigenvalue weighted by molar-refractivity contribution is -0.129. The Morgan fingerprint density at radius 1 is 1.14 bits per heavy atom. The molecule has 0 radical (unpaired) electrons. The molecule has 6 nitrogen and oxygen atoms in total. The summed E-state index contributed by atoms with van der Waals surface area (Å²) in [6.45, 7) is 2.82. The predicted molar refractivity (Wildman–Crippen MR) is 80.7 cm³/mol. The van der Waals surface area contributed by atoms with E-state index in [4.69, 9.17) is 11.5 Å². The molecule has 1 aliphatic rings. The smallest absolute Gasteiger partial charge is 0.222 e. The van der Waals surface area contributed by atoms with Gasteiger partial charge in [0, 0.05) is 19.1 Å². The van der Waals surface area contributed by atoms with Crippen LogP contribution < -0.4 is 11.5 Å². The fourth-order valence-electron chi connectivity index (χ4n) is 2.69. The minimum Gasteiger partial charge on any atom is -0.508 e. The fourth-order valence-corrected chi connectivity index (χ4v) is 2.69. The van der Waals surface area contributed by atoms with Crippen molar-refractivity contribution in [3.05, 3.63) is 29.8 Å². The van der Waals surface area contributed by atoms with Crippen molar-refractivity contribution in [1.82, 2.24) is 4.90 Å². The molecule has 0 aromatic heterocycles. The van der Waals surface area contributed by atoms with Gasteiger partial charge in [0.1, 0.15) is 5.75 Å². The third-order valence-electron chi connectivity index (χ3n) is 4.00. The average Bonchev–Trinajstić information content (AvgIpc) is 2.84. The van der Waals surface area contributed by atoms with Gasteiger partial charge >= 0.3 is 0 Å². The van der Waals surface area contributed by atoms with Gasteiger partial charge in [-0.05, 0) is 24.6 Å². The molecule has 0 aliphatic carbocycles. The number of carbonyl (C=O) groups is 2. The summed E-state index contributed by atoms with van der Waals surface area (Å²) in [5.74, 6) is -1.85. The van der Waals surface area contributed by atoms with Gasteiger partial charge in [0.25, 0.3) is 0 Å². The maximum absolute atomic E-state index is 11.4. The molecule has 1 aromatic carbocycles. The van der Waals surface area contributed by atoms with Crippen LogP contribution in [0.3, 0.4) is 0 Å². The van der Waals surface area contributed by atoms with Crippen LogP contribution in [-0.2, 0) is 9.59 Å². The predicted octanol–water partition coefficient (Wildman–Crippen LogP) is 0.394. The van der Waals surface area contributed by atoms with E-state index in [1.54, 1.807) is 12.1 Å². The highest BCUT2D eigenvalue weighted by Gasteiger charge is 2.41. The van der Waals surface area contributed by atoms with Crippen molar-refractivity contribution in [2.45, 2.75) is 13.0 Å². The number of hydrogen-bond acceptors (Lipinski definition) is 4. The average molecular weight is 314 g/mol. The van der Waals surface area contributed by atoms with E-state index in [-0.39, 0.29) is 24.2 Å². The minimum absolute atomic E-state index is 0. The number of nitrogens with zero attached hydrogens (tertiary/aromatic N) is 1. The SMILES string of the molecule is CC(c1ccc(O)cc1)N1CC(C(N)=O)C(C(N)=O)C1.Cl. The van der Waals surface area contributed by atoms with Crippen LogP contribution in [0.5, 0.6) is 5.75 Å². The molecule has 1 aromatic rings. The van der Waals surface area contributed by atoms with Gasteiger partial charge in [-0.2, -0.15) is 0 Å². The summed E-state index contributed by atoms with van der Waals surface area (Å²) >= 11 is 0. The number of carbonyl (C=O) groups excluding carboxylic acids is 2. The third-order valence-corrected chi connectivity index (χ3v) is 4.00. The molecule has 1 fully saturated rings. The van der Waals surface area contributed by atoms with Crippen LogP contribution in [0, 0.1) is 11.8 Å². The number of amides is 2. The number of phenols is 1. The number of rotatable bonds is 4. The number of halogens is 1. The van der Waals surface area contributed by atoms with Crippen molar-refractivity contribution < 1.29 is 14.7 Å². The van der Waals surface area contributed by atoms with Crippen LogP contribution in [0.25, 0.3) is 0 Å². The van der Waals surface area contributed by atoms with E-state index in [0.717, 1.165) is 5.56 Å². The molecule has 3 unspecified atom stereocenters. The minimum atomic E-state index is -0.535. The van der Waals surface area contributed by atoms with Gasteiger partial charge in [0.2, 0.25) is 11.8 Å². The van der Waals surface area contributed by atoms with Gasteiger partial charge in [-0.3, -0.25) is 14.5 Å². The van der Waals surface area contributed by atoms with Gasteiger partial charge in [-0.1, -0.05) is 12.1 Å². The highest BCUT2D eigenvalue weighted by atomic mass is 35.5. The normalized spacial score (nSPS) is 23.3. The van der Waals surface area contributed by atoms with E-state index in [1.165, 1.54) is 0 Å². The number of primary amides is 2. The van der Waals surface area contributed by atoms with Crippen LogP contribution in [0.15, 0.2) is 24.3 Å². The Kier molecular flexibility index (Phi) is 5.57. The highest BCUT2D eigenvalue weighted by Crippen LogP contribution is 2.31. The van der Waals surface area contributed by atoms with Crippen LogP contribution in [0.2, 0.25) is 0 Å². The number of phenolic OH excluding ortho intramolecular Hbond substituents is 1. The second-order valence-corrected chi connectivity index (χ2v) is 5.24. The Bertz CT molecular complexity index is 499. The van der Waals surface area contributed by atoms with Gasteiger partial charge < -0.3 is 16.6 Å². The number of nitrogens with two attached hydrogens (primary N) is 2. The van der Waals surface area contributed by atoms with Crippen LogP contribution >= 0.6 is 12.4 Å². The molecule has 5 N–H and O–H groups in total. The molecule has 2 rings (SSSR count). The summed E-state index contributed by atoms with van der Waals surface area (Å²) in [5.41, 5.74) is 11.7. The number of benzene rings is 1. The zero-order chi connectivity index (χ0) is 14.9. The molecule has 1 heterocycles. The summed E-state index contributed by atoms with van der Waals surface area (Å²) in [6.07, 6.45) is 0. The lowest BCUT2D eigenvalue weighted by Gasteiger charge is -2.24.